The van der Waals surface area contributed by atoms with Crippen molar-refractivity contribution in [1.82, 2.24) is 10.3 Å². The fourth-order valence-electron chi connectivity index (χ4n) is 3.59. The van der Waals surface area contributed by atoms with Crippen LogP contribution >= 0.6 is 11.3 Å². The maximum absolute atomic E-state index is 13.5. The number of aromatic nitrogens is 1. The second-order valence-electron chi connectivity index (χ2n) is 6.91. The van der Waals surface area contributed by atoms with Gasteiger partial charge in [-0.3, -0.25) is 4.79 Å². The molecule has 26 heavy (non-hydrogen) atoms. The largest absolute Gasteiger partial charge is 0.354 e. The first-order valence-electron chi connectivity index (χ1n) is 8.85. The van der Waals surface area contributed by atoms with Crippen LogP contribution in [0.25, 0.3) is 0 Å². The molecule has 0 spiro atoms. The van der Waals surface area contributed by atoms with E-state index < -0.39 is 14.6 Å². The summed E-state index contributed by atoms with van der Waals surface area (Å²) in [6.45, 7) is 4.06. The molecule has 3 rings (SSSR count). The normalized spacial score (nSPS) is 16.5. The highest BCUT2D eigenvalue weighted by molar-refractivity contribution is 7.93. The number of hydrogen-bond donors (Lipinski definition) is 1. The molecular formula is C19H24N2O3S2. The van der Waals surface area contributed by atoms with Crippen LogP contribution in [0.5, 0.6) is 0 Å². The number of benzene rings is 1. The quantitative estimate of drug-likeness (QED) is 0.819. The molecule has 0 saturated heterocycles. The molecular weight excluding hydrogens is 368 g/mol. The van der Waals surface area contributed by atoms with Crippen molar-refractivity contribution < 1.29 is 13.2 Å². The summed E-state index contributed by atoms with van der Waals surface area (Å²) in [5.41, 5.74) is 1.57. The van der Waals surface area contributed by atoms with Crippen LogP contribution in [0.1, 0.15) is 41.8 Å². The van der Waals surface area contributed by atoms with E-state index in [1.165, 1.54) is 11.3 Å². The zero-order valence-corrected chi connectivity index (χ0v) is 16.8. The van der Waals surface area contributed by atoms with Gasteiger partial charge in [0.05, 0.1) is 9.90 Å². The van der Waals surface area contributed by atoms with E-state index in [-0.39, 0.29) is 10.8 Å². The van der Waals surface area contributed by atoms with Gasteiger partial charge in [0.15, 0.2) is 14.6 Å². The standard InChI is InChI=1S/C19H24N2O3S2/c1-14-5-6-15(2)16(13-14)26(23,24)19(8-3-4-9-19)18(22)21-10-7-17-20-11-12-25-17/h5-6,11-13H,3-4,7-10H2,1-2H3,(H,21,22). The Hall–Kier alpha value is -1.73. The second-order valence-corrected chi connectivity index (χ2v) is 10.1. The van der Waals surface area contributed by atoms with Crippen LogP contribution in [0, 0.1) is 13.8 Å². The number of carbonyl (C=O) groups excluding carboxylic acids is 1. The summed E-state index contributed by atoms with van der Waals surface area (Å²) < 4.78 is 25.6. The highest BCUT2D eigenvalue weighted by Crippen LogP contribution is 2.41. The van der Waals surface area contributed by atoms with Crippen LogP contribution in [0.2, 0.25) is 0 Å². The van der Waals surface area contributed by atoms with Crippen LogP contribution in [0.4, 0.5) is 0 Å². The average Bonchev–Trinajstić information content (AvgIpc) is 3.29. The van der Waals surface area contributed by atoms with Gasteiger partial charge in [0.1, 0.15) is 0 Å². The van der Waals surface area contributed by atoms with Crippen molar-refractivity contribution >= 4 is 27.1 Å². The van der Waals surface area contributed by atoms with Crippen LogP contribution in [-0.2, 0) is 21.1 Å². The number of sulfone groups is 1. The first-order valence-corrected chi connectivity index (χ1v) is 11.2. The molecule has 1 aromatic carbocycles. The van der Waals surface area contributed by atoms with Gasteiger partial charge in [-0.2, -0.15) is 0 Å². The Balaban J connectivity index is 1.86. The van der Waals surface area contributed by atoms with Gasteiger partial charge in [0.2, 0.25) is 5.91 Å². The molecule has 0 atom stereocenters. The van der Waals surface area contributed by atoms with E-state index in [1.54, 1.807) is 19.2 Å². The molecule has 1 amide bonds. The van der Waals surface area contributed by atoms with Gasteiger partial charge in [-0.15, -0.1) is 11.3 Å². The lowest BCUT2D eigenvalue weighted by molar-refractivity contribution is -0.123. The van der Waals surface area contributed by atoms with Crippen LogP contribution in [-0.4, -0.2) is 30.6 Å². The van der Waals surface area contributed by atoms with Gasteiger partial charge in [0.25, 0.3) is 0 Å². The molecule has 7 heteroatoms. The number of carbonyl (C=O) groups is 1. The highest BCUT2D eigenvalue weighted by atomic mass is 32.2. The Kier molecular flexibility index (Phi) is 5.48. The molecule has 1 aromatic heterocycles. The predicted octanol–water partition coefficient (Wildman–Crippen LogP) is 3.21. The topological polar surface area (TPSA) is 76.1 Å². The van der Waals surface area contributed by atoms with E-state index in [0.717, 1.165) is 23.4 Å². The minimum Gasteiger partial charge on any atom is -0.354 e. The van der Waals surface area contributed by atoms with E-state index in [9.17, 15) is 13.2 Å². The molecule has 1 N–H and O–H groups in total. The van der Waals surface area contributed by atoms with Crippen molar-refractivity contribution in [3.8, 4) is 0 Å². The predicted molar refractivity (Wildman–Crippen MR) is 103 cm³/mol. The smallest absolute Gasteiger partial charge is 0.241 e. The number of rotatable bonds is 6. The summed E-state index contributed by atoms with van der Waals surface area (Å²) in [5, 5.41) is 5.69. The molecule has 5 nitrogen and oxygen atoms in total. The number of nitrogens with one attached hydrogen (secondary N) is 1. The molecule has 140 valence electrons. The Morgan fingerprint density at radius 1 is 1.27 bits per heavy atom. The summed E-state index contributed by atoms with van der Waals surface area (Å²) in [4.78, 5) is 17.5. The minimum absolute atomic E-state index is 0.287. The summed E-state index contributed by atoms with van der Waals surface area (Å²) in [6, 6.07) is 5.39. The molecule has 0 unspecified atom stereocenters. The zero-order valence-electron chi connectivity index (χ0n) is 15.1. The third-order valence-corrected chi connectivity index (χ3v) is 8.56. The third-order valence-electron chi connectivity index (χ3n) is 5.08. The van der Waals surface area contributed by atoms with Crippen molar-refractivity contribution in [2.24, 2.45) is 0 Å². The van der Waals surface area contributed by atoms with E-state index in [2.05, 4.69) is 10.3 Å². The van der Waals surface area contributed by atoms with Gasteiger partial charge in [-0.05, 0) is 43.9 Å². The molecule has 0 aliphatic heterocycles. The summed E-state index contributed by atoms with van der Waals surface area (Å²) in [7, 11) is -3.76. The van der Waals surface area contributed by atoms with Crippen LogP contribution < -0.4 is 5.32 Å². The summed E-state index contributed by atoms with van der Waals surface area (Å²) >= 11 is 1.53. The van der Waals surface area contributed by atoms with Gasteiger partial charge in [-0.1, -0.05) is 25.0 Å². The molecule has 1 fully saturated rings. The lowest BCUT2D eigenvalue weighted by Crippen LogP contribution is -2.51. The van der Waals surface area contributed by atoms with Crippen molar-refractivity contribution in [1.29, 1.82) is 0 Å². The lowest BCUT2D eigenvalue weighted by Gasteiger charge is -2.28. The van der Waals surface area contributed by atoms with Crippen LogP contribution in [0.15, 0.2) is 34.7 Å². The first-order chi connectivity index (χ1) is 12.4. The number of thiazole rings is 1. The Morgan fingerprint density at radius 3 is 2.65 bits per heavy atom. The molecule has 1 aliphatic rings. The summed E-state index contributed by atoms with van der Waals surface area (Å²) in [6.07, 6.45) is 4.61. The van der Waals surface area contributed by atoms with Gasteiger partial charge in [-0.25, -0.2) is 13.4 Å². The van der Waals surface area contributed by atoms with E-state index in [4.69, 9.17) is 0 Å². The fourth-order valence-corrected chi connectivity index (χ4v) is 6.61. The van der Waals surface area contributed by atoms with Crippen molar-refractivity contribution in [3.63, 3.8) is 0 Å². The fraction of sp³-hybridized carbons (Fsp3) is 0.474. The zero-order chi connectivity index (χ0) is 18.8. The Morgan fingerprint density at radius 2 is 2.00 bits per heavy atom. The van der Waals surface area contributed by atoms with Crippen molar-refractivity contribution in [2.45, 2.75) is 55.6 Å². The third kappa shape index (κ3) is 3.42. The van der Waals surface area contributed by atoms with E-state index >= 15 is 0 Å². The maximum atomic E-state index is 13.5. The minimum atomic E-state index is -3.76. The van der Waals surface area contributed by atoms with E-state index in [0.29, 0.717) is 31.4 Å². The Bertz CT molecular complexity index is 884. The molecule has 1 aliphatic carbocycles. The first kappa shape index (κ1) is 19.0. The molecule has 0 bridgehead atoms. The molecule has 1 heterocycles. The van der Waals surface area contributed by atoms with Gasteiger partial charge >= 0.3 is 0 Å². The monoisotopic (exact) mass is 392 g/mol. The van der Waals surface area contributed by atoms with Gasteiger partial charge in [0, 0.05) is 24.5 Å². The Labute approximate surface area is 158 Å². The van der Waals surface area contributed by atoms with E-state index in [1.807, 2.05) is 24.4 Å². The van der Waals surface area contributed by atoms with Crippen molar-refractivity contribution in [2.75, 3.05) is 6.54 Å². The van der Waals surface area contributed by atoms with Crippen molar-refractivity contribution in [3.05, 3.63) is 45.9 Å². The number of amides is 1. The number of aryl methyl sites for hydroxylation is 2. The highest BCUT2D eigenvalue weighted by Gasteiger charge is 2.53. The molecule has 0 radical (unpaired) electrons. The average molecular weight is 393 g/mol. The molecule has 1 saturated carbocycles. The maximum Gasteiger partial charge on any atom is 0.241 e. The second kappa shape index (κ2) is 7.48. The number of hydrogen-bond acceptors (Lipinski definition) is 5. The summed E-state index contributed by atoms with van der Waals surface area (Å²) in [5.74, 6) is -0.368. The molecule has 2 aromatic rings. The SMILES string of the molecule is Cc1ccc(C)c(S(=O)(=O)C2(C(=O)NCCc3nccs3)CCCC2)c1. The number of nitrogens with zero attached hydrogens (tertiary/aromatic N) is 1. The van der Waals surface area contributed by atoms with Crippen LogP contribution in [0.3, 0.4) is 0 Å². The van der Waals surface area contributed by atoms with Gasteiger partial charge < -0.3 is 5.32 Å². The lowest BCUT2D eigenvalue weighted by atomic mass is 10.1.